The molecule has 0 atom stereocenters. The van der Waals surface area contributed by atoms with Crippen LogP contribution < -0.4 is 15.4 Å². The van der Waals surface area contributed by atoms with E-state index in [-0.39, 0.29) is 29.7 Å². The number of rotatable bonds is 11. The maximum absolute atomic E-state index is 14.3. The summed E-state index contributed by atoms with van der Waals surface area (Å²) in [5, 5.41) is 23.9. The lowest BCUT2D eigenvalue weighted by atomic mass is 10.1. The number of halogens is 1. The van der Waals surface area contributed by atoms with Gasteiger partial charge in [0, 0.05) is 44.8 Å². The van der Waals surface area contributed by atoms with Gasteiger partial charge in [0.2, 0.25) is 5.88 Å². The summed E-state index contributed by atoms with van der Waals surface area (Å²) in [7, 11) is 0. The Kier molecular flexibility index (Phi) is 9.78. The zero-order valence-electron chi connectivity index (χ0n) is 20.0. The zero-order chi connectivity index (χ0) is 25.4. The van der Waals surface area contributed by atoms with Crippen LogP contribution in [0.5, 0.6) is 5.88 Å². The summed E-state index contributed by atoms with van der Waals surface area (Å²) in [4.78, 5) is 28.6. The van der Waals surface area contributed by atoms with Gasteiger partial charge in [0.15, 0.2) is 5.56 Å². The van der Waals surface area contributed by atoms with Crippen LogP contribution in [0.1, 0.15) is 33.5 Å². The molecule has 10 nitrogen and oxygen atoms in total. The number of aromatic nitrogens is 1. The van der Waals surface area contributed by atoms with Crippen molar-refractivity contribution in [3.05, 3.63) is 40.2 Å². The number of carboxylic acid groups (broad SMARTS) is 1. The van der Waals surface area contributed by atoms with Crippen LogP contribution in [0.4, 0.5) is 14.2 Å². The Morgan fingerprint density at radius 3 is 2.49 bits per heavy atom. The normalized spacial score (nSPS) is 14.6. The van der Waals surface area contributed by atoms with Crippen molar-refractivity contribution in [1.82, 2.24) is 19.5 Å². The number of piperazine rings is 1. The van der Waals surface area contributed by atoms with Gasteiger partial charge in [-0.15, -0.1) is 0 Å². The molecular weight excluding hydrogens is 477 g/mol. The number of anilines is 1. The summed E-state index contributed by atoms with van der Waals surface area (Å²) in [5.41, 5.74) is 1.53. The van der Waals surface area contributed by atoms with E-state index < -0.39 is 17.8 Å². The second-order valence-corrected chi connectivity index (χ2v) is 9.24. The molecule has 192 valence electrons. The summed E-state index contributed by atoms with van der Waals surface area (Å²) in [6.45, 7) is 9.16. The van der Waals surface area contributed by atoms with Crippen molar-refractivity contribution in [3.8, 4) is 5.88 Å². The van der Waals surface area contributed by atoms with Gasteiger partial charge < -0.3 is 25.2 Å². The van der Waals surface area contributed by atoms with Gasteiger partial charge >= 0.3 is 12.0 Å². The highest BCUT2D eigenvalue weighted by Gasteiger charge is 2.24. The molecule has 3 rings (SSSR count). The molecule has 1 aliphatic heterocycles. The van der Waals surface area contributed by atoms with Gasteiger partial charge in [-0.2, -0.15) is 4.37 Å². The highest BCUT2D eigenvalue weighted by molar-refractivity contribution is 7.11. The Morgan fingerprint density at radius 2 is 1.86 bits per heavy atom. The number of carbonyl (C=O) groups is 2. The number of aryl methyl sites for hydroxylation is 2. The number of hydrogen-bond donors (Lipinski definition) is 4. The largest absolute Gasteiger partial charge is 0.477 e. The second-order valence-electron chi connectivity index (χ2n) is 8.47. The number of benzene rings is 1. The monoisotopic (exact) mass is 509 g/mol. The minimum atomic E-state index is -1.30. The van der Waals surface area contributed by atoms with Gasteiger partial charge in [-0.1, -0.05) is 6.07 Å². The fourth-order valence-corrected chi connectivity index (χ4v) is 4.67. The number of carboxylic acids is 1. The first kappa shape index (κ1) is 26.8. The number of nitrogens with zero attached hydrogens (tertiary/aromatic N) is 3. The topological polar surface area (TPSA) is 127 Å². The molecule has 1 aromatic carbocycles. The fourth-order valence-electron chi connectivity index (χ4n) is 3.95. The lowest BCUT2D eigenvalue weighted by Gasteiger charge is -2.34. The van der Waals surface area contributed by atoms with Crippen molar-refractivity contribution in [2.45, 2.75) is 26.9 Å². The van der Waals surface area contributed by atoms with Crippen LogP contribution in [0, 0.1) is 19.7 Å². The number of aromatic carboxylic acids is 1. The quantitative estimate of drug-likeness (QED) is 0.340. The maximum atomic E-state index is 14.3. The number of hydrogen-bond acceptors (Lipinski definition) is 8. The maximum Gasteiger partial charge on any atom is 0.344 e. The summed E-state index contributed by atoms with van der Waals surface area (Å²) >= 11 is 0.793. The van der Waals surface area contributed by atoms with E-state index >= 15 is 0 Å². The molecule has 2 amide bonds. The Labute approximate surface area is 207 Å². The average molecular weight is 510 g/mol. The highest BCUT2D eigenvalue weighted by Crippen LogP contribution is 2.31. The molecular formula is C23H32FN5O5S. The molecule has 0 spiro atoms. The number of aliphatic hydroxyl groups excluding tert-OH is 1. The van der Waals surface area contributed by atoms with Crippen molar-refractivity contribution in [2.75, 3.05) is 57.7 Å². The number of carbonyl (C=O) groups excluding carboxylic acids is 1. The summed E-state index contributed by atoms with van der Waals surface area (Å²) in [6.07, 6.45) is 0.748. The lowest BCUT2D eigenvalue weighted by molar-refractivity contribution is 0.0693. The van der Waals surface area contributed by atoms with E-state index in [2.05, 4.69) is 24.8 Å². The standard InChI is InChI=1S/C23H32FN5O5S/c1-15-12-16(2)17(18(24)13-15)14-34-20-19(22(31)32)21(35-27-20)26-23(33)25-4-3-5-28-6-8-29(9-7-28)10-11-30/h12-13,30H,3-11,14H2,1-2H3,(H,31,32)(H2,25,26,33). The number of β-amino-alcohol motifs (C(OH)–C–C–N with tert-alkyl or cyclic N) is 1. The van der Waals surface area contributed by atoms with Crippen LogP contribution in [0.25, 0.3) is 0 Å². The Morgan fingerprint density at radius 1 is 1.17 bits per heavy atom. The first-order valence-electron chi connectivity index (χ1n) is 11.5. The molecule has 0 aliphatic carbocycles. The molecule has 2 aromatic rings. The molecule has 1 saturated heterocycles. The second kappa shape index (κ2) is 12.8. The number of urea groups is 1. The van der Waals surface area contributed by atoms with Crippen molar-refractivity contribution in [2.24, 2.45) is 0 Å². The Balaban J connectivity index is 1.48. The van der Waals surface area contributed by atoms with Crippen molar-refractivity contribution in [3.63, 3.8) is 0 Å². The van der Waals surface area contributed by atoms with Crippen molar-refractivity contribution >= 4 is 28.5 Å². The molecule has 1 aliphatic rings. The minimum Gasteiger partial charge on any atom is -0.477 e. The van der Waals surface area contributed by atoms with Gasteiger partial charge in [0.05, 0.1) is 6.61 Å². The van der Waals surface area contributed by atoms with E-state index in [1.807, 2.05) is 6.07 Å². The molecule has 0 saturated carbocycles. The SMILES string of the molecule is Cc1cc(C)c(COc2nsc(NC(=O)NCCCN3CCN(CCO)CC3)c2C(=O)O)c(F)c1. The fraction of sp³-hybridized carbons (Fsp3) is 0.522. The van der Waals surface area contributed by atoms with Crippen LogP contribution in [-0.2, 0) is 6.61 Å². The van der Waals surface area contributed by atoms with E-state index in [0.717, 1.165) is 56.2 Å². The third-order valence-corrected chi connectivity index (χ3v) is 6.58. The first-order chi connectivity index (χ1) is 16.8. The summed E-state index contributed by atoms with van der Waals surface area (Å²) in [5.74, 6) is -1.90. The van der Waals surface area contributed by atoms with E-state index in [1.165, 1.54) is 6.07 Å². The molecule has 0 radical (unpaired) electrons. The molecule has 2 heterocycles. The number of amides is 2. The molecule has 1 fully saturated rings. The summed E-state index contributed by atoms with van der Waals surface area (Å²) < 4.78 is 23.8. The first-order valence-corrected chi connectivity index (χ1v) is 12.3. The lowest BCUT2D eigenvalue weighted by Crippen LogP contribution is -2.47. The molecule has 35 heavy (non-hydrogen) atoms. The van der Waals surface area contributed by atoms with Gasteiger partial charge in [0.25, 0.3) is 0 Å². The van der Waals surface area contributed by atoms with Crippen LogP contribution >= 0.6 is 11.5 Å². The number of nitrogens with one attached hydrogen (secondary N) is 2. The highest BCUT2D eigenvalue weighted by atomic mass is 32.1. The van der Waals surface area contributed by atoms with E-state index in [1.54, 1.807) is 13.8 Å². The Hall–Kier alpha value is -2.80. The Bertz CT molecular complexity index is 1000. The number of ether oxygens (including phenoxy) is 1. The van der Waals surface area contributed by atoms with Gasteiger partial charge in [-0.3, -0.25) is 10.2 Å². The van der Waals surface area contributed by atoms with Crippen LogP contribution in [-0.4, -0.2) is 88.8 Å². The average Bonchev–Trinajstić information content (AvgIpc) is 3.19. The smallest absolute Gasteiger partial charge is 0.344 e. The predicted molar refractivity (Wildman–Crippen MR) is 131 cm³/mol. The number of aliphatic hydroxyl groups is 1. The van der Waals surface area contributed by atoms with Crippen molar-refractivity contribution < 1.29 is 28.9 Å². The minimum absolute atomic E-state index is 0.0473. The van der Waals surface area contributed by atoms with Crippen LogP contribution in [0.15, 0.2) is 12.1 Å². The van der Waals surface area contributed by atoms with Gasteiger partial charge in [-0.05, 0) is 55.5 Å². The molecule has 0 bridgehead atoms. The molecule has 4 N–H and O–H groups in total. The predicted octanol–water partition coefficient (Wildman–Crippen LogP) is 2.30. The van der Waals surface area contributed by atoms with Gasteiger partial charge in [-0.25, -0.2) is 14.0 Å². The van der Waals surface area contributed by atoms with Crippen LogP contribution in [0.3, 0.4) is 0 Å². The van der Waals surface area contributed by atoms with Crippen molar-refractivity contribution in [1.29, 1.82) is 0 Å². The van der Waals surface area contributed by atoms with E-state index in [9.17, 15) is 19.1 Å². The third kappa shape index (κ3) is 7.59. The molecule has 0 unspecified atom stereocenters. The molecule has 12 heteroatoms. The van der Waals surface area contributed by atoms with Crippen LogP contribution in [0.2, 0.25) is 0 Å². The zero-order valence-corrected chi connectivity index (χ0v) is 20.8. The van der Waals surface area contributed by atoms with Gasteiger partial charge in [0.1, 0.15) is 17.4 Å². The third-order valence-electron chi connectivity index (χ3n) is 5.84. The van der Waals surface area contributed by atoms with E-state index in [4.69, 9.17) is 9.84 Å². The van der Waals surface area contributed by atoms with E-state index in [0.29, 0.717) is 24.2 Å². The molecule has 1 aromatic heterocycles. The summed E-state index contributed by atoms with van der Waals surface area (Å²) in [6, 6.07) is 2.67.